The molecule has 2 aromatic heterocycles. The van der Waals surface area contributed by atoms with Crippen molar-refractivity contribution in [2.75, 3.05) is 13.1 Å². The Morgan fingerprint density at radius 2 is 2.00 bits per heavy atom. The molecular formula is C20H20N4O3. The molecule has 1 aromatic carbocycles. The number of likely N-dealkylation sites (tertiary alicyclic amines) is 1. The summed E-state index contributed by atoms with van der Waals surface area (Å²) in [6, 6.07) is 10.5. The number of rotatable bonds is 3. The van der Waals surface area contributed by atoms with E-state index in [0.29, 0.717) is 35.9 Å². The van der Waals surface area contributed by atoms with Gasteiger partial charge in [-0.05, 0) is 13.0 Å². The van der Waals surface area contributed by atoms with Crippen molar-refractivity contribution in [2.45, 2.75) is 25.9 Å². The van der Waals surface area contributed by atoms with E-state index < -0.39 is 0 Å². The van der Waals surface area contributed by atoms with Gasteiger partial charge < -0.3 is 14.6 Å². The highest BCUT2D eigenvalue weighted by atomic mass is 16.5. The number of aromatic nitrogens is 3. The molecule has 0 spiro atoms. The van der Waals surface area contributed by atoms with Crippen molar-refractivity contribution in [1.82, 2.24) is 19.9 Å². The van der Waals surface area contributed by atoms with E-state index in [-0.39, 0.29) is 17.6 Å². The molecule has 0 radical (unpaired) electrons. The number of fused-ring (bicyclic) bond motifs is 1. The van der Waals surface area contributed by atoms with Crippen molar-refractivity contribution in [2.24, 2.45) is 0 Å². The van der Waals surface area contributed by atoms with Gasteiger partial charge in [0.1, 0.15) is 11.9 Å². The summed E-state index contributed by atoms with van der Waals surface area (Å²) in [7, 11) is 0. The second-order valence-corrected chi connectivity index (χ2v) is 6.64. The molecule has 1 fully saturated rings. The van der Waals surface area contributed by atoms with Crippen molar-refractivity contribution in [3.8, 4) is 5.88 Å². The van der Waals surface area contributed by atoms with Crippen LogP contribution in [0.4, 0.5) is 0 Å². The molecule has 0 aliphatic carbocycles. The van der Waals surface area contributed by atoms with E-state index in [9.17, 15) is 9.59 Å². The Morgan fingerprint density at radius 3 is 2.78 bits per heavy atom. The number of carbonyl (C=O) groups excluding carboxylic acids is 1. The lowest BCUT2D eigenvalue weighted by molar-refractivity contribution is 0.0589. The lowest BCUT2D eigenvalue weighted by Gasteiger charge is -2.32. The molecule has 4 rings (SSSR count). The Morgan fingerprint density at radius 1 is 1.22 bits per heavy atom. The predicted octanol–water partition coefficient (Wildman–Crippen LogP) is 2.31. The van der Waals surface area contributed by atoms with Crippen LogP contribution in [0.25, 0.3) is 10.9 Å². The Hall–Kier alpha value is -3.22. The van der Waals surface area contributed by atoms with Crippen LogP contribution in [0, 0.1) is 6.92 Å². The first kappa shape index (κ1) is 17.2. The van der Waals surface area contributed by atoms with E-state index in [2.05, 4.69) is 15.0 Å². The zero-order valence-corrected chi connectivity index (χ0v) is 15.0. The van der Waals surface area contributed by atoms with Gasteiger partial charge >= 0.3 is 0 Å². The van der Waals surface area contributed by atoms with Gasteiger partial charge in [-0.1, -0.05) is 18.2 Å². The molecule has 1 N–H and O–H groups in total. The van der Waals surface area contributed by atoms with Crippen molar-refractivity contribution in [1.29, 1.82) is 0 Å². The molecule has 3 aromatic rings. The topological polar surface area (TPSA) is 88.2 Å². The molecule has 1 saturated heterocycles. The predicted molar refractivity (Wildman–Crippen MR) is 101 cm³/mol. The van der Waals surface area contributed by atoms with Crippen LogP contribution < -0.4 is 10.3 Å². The van der Waals surface area contributed by atoms with Gasteiger partial charge in [-0.15, -0.1) is 0 Å². The summed E-state index contributed by atoms with van der Waals surface area (Å²) >= 11 is 0. The Bertz CT molecular complexity index is 1040. The lowest BCUT2D eigenvalue weighted by Crippen LogP contribution is -2.42. The fraction of sp³-hybridized carbons (Fsp3) is 0.300. The Labute approximate surface area is 156 Å². The Balaban J connectivity index is 1.47. The fourth-order valence-corrected chi connectivity index (χ4v) is 3.40. The number of ether oxygens (including phenoxy) is 1. The highest BCUT2D eigenvalue weighted by molar-refractivity contribution is 6.05. The first-order chi connectivity index (χ1) is 13.1. The minimum absolute atomic E-state index is 0.0132. The zero-order chi connectivity index (χ0) is 18.8. The standard InChI is InChI=1S/C20H20N4O3/c1-13-21-9-6-19(22-13)27-14-7-10-24(11-8-14)20(26)16-12-18(25)23-17-5-3-2-4-15(16)17/h2-6,9,12,14H,7-8,10-11H2,1H3,(H,23,25). The van der Waals surface area contributed by atoms with E-state index in [1.165, 1.54) is 6.07 Å². The number of hydrogen-bond donors (Lipinski definition) is 1. The number of para-hydroxylation sites is 1. The molecular weight excluding hydrogens is 344 g/mol. The third kappa shape index (κ3) is 3.67. The largest absolute Gasteiger partial charge is 0.474 e. The smallest absolute Gasteiger partial charge is 0.254 e. The fourth-order valence-electron chi connectivity index (χ4n) is 3.40. The highest BCUT2D eigenvalue weighted by Gasteiger charge is 2.26. The van der Waals surface area contributed by atoms with Crippen LogP contribution in [0.5, 0.6) is 5.88 Å². The van der Waals surface area contributed by atoms with E-state index >= 15 is 0 Å². The monoisotopic (exact) mass is 364 g/mol. The van der Waals surface area contributed by atoms with E-state index in [1.807, 2.05) is 25.1 Å². The third-order valence-corrected chi connectivity index (χ3v) is 4.75. The van der Waals surface area contributed by atoms with Crippen LogP contribution in [0.15, 0.2) is 47.4 Å². The van der Waals surface area contributed by atoms with Crippen LogP contribution in [-0.2, 0) is 0 Å². The summed E-state index contributed by atoms with van der Waals surface area (Å²) in [6.45, 7) is 2.98. The number of H-pyrrole nitrogens is 1. The molecule has 1 aliphatic heterocycles. The highest BCUT2D eigenvalue weighted by Crippen LogP contribution is 2.21. The number of nitrogens with zero attached hydrogens (tertiary/aromatic N) is 3. The minimum atomic E-state index is -0.269. The summed E-state index contributed by atoms with van der Waals surface area (Å²) in [5.41, 5.74) is 0.847. The number of carbonyl (C=O) groups is 1. The maximum Gasteiger partial charge on any atom is 0.254 e. The van der Waals surface area contributed by atoms with Crippen LogP contribution in [0.1, 0.15) is 29.0 Å². The van der Waals surface area contributed by atoms with Crippen LogP contribution in [0.2, 0.25) is 0 Å². The maximum atomic E-state index is 13.0. The van der Waals surface area contributed by atoms with Gasteiger partial charge in [-0.25, -0.2) is 4.98 Å². The number of hydrogen-bond acceptors (Lipinski definition) is 5. The zero-order valence-electron chi connectivity index (χ0n) is 15.0. The number of aryl methyl sites for hydroxylation is 1. The first-order valence-corrected chi connectivity index (χ1v) is 8.98. The number of nitrogens with one attached hydrogen (secondary N) is 1. The van der Waals surface area contributed by atoms with Gasteiger partial charge in [0, 0.05) is 55.2 Å². The average molecular weight is 364 g/mol. The summed E-state index contributed by atoms with van der Waals surface area (Å²) in [6.07, 6.45) is 3.12. The number of amides is 1. The summed E-state index contributed by atoms with van der Waals surface area (Å²) in [5.74, 6) is 1.11. The molecule has 0 saturated carbocycles. The van der Waals surface area contributed by atoms with Crippen LogP contribution in [0.3, 0.4) is 0 Å². The van der Waals surface area contributed by atoms with Gasteiger partial charge in [0.15, 0.2) is 0 Å². The number of aromatic amines is 1. The van der Waals surface area contributed by atoms with Crippen LogP contribution in [-0.4, -0.2) is 45.0 Å². The molecule has 3 heterocycles. The summed E-state index contributed by atoms with van der Waals surface area (Å²) < 4.78 is 5.92. The summed E-state index contributed by atoms with van der Waals surface area (Å²) in [4.78, 5) is 37.8. The van der Waals surface area contributed by atoms with Crippen molar-refractivity contribution in [3.63, 3.8) is 0 Å². The van der Waals surface area contributed by atoms with Gasteiger partial charge in [0.2, 0.25) is 11.4 Å². The Kier molecular flexibility index (Phi) is 4.58. The molecule has 27 heavy (non-hydrogen) atoms. The molecule has 0 bridgehead atoms. The molecule has 138 valence electrons. The molecule has 1 amide bonds. The molecule has 7 heteroatoms. The second kappa shape index (κ2) is 7.19. The summed E-state index contributed by atoms with van der Waals surface area (Å²) in [5, 5.41) is 0.761. The first-order valence-electron chi connectivity index (χ1n) is 8.98. The van der Waals surface area contributed by atoms with Gasteiger partial charge in [0.25, 0.3) is 5.91 Å². The normalized spacial score (nSPS) is 15.1. The second-order valence-electron chi connectivity index (χ2n) is 6.64. The number of benzene rings is 1. The van der Waals surface area contributed by atoms with E-state index in [1.54, 1.807) is 23.2 Å². The van der Waals surface area contributed by atoms with Crippen LogP contribution >= 0.6 is 0 Å². The maximum absolute atomic E-state index is 13.0. The van der Waals surface area contributed by atoms with E-state index in [0.717, 1.165) is 18.2 Å². The van der Waals surface area contributed by atoms with Crippen molar-refractivity contribution < 1.29 is 9.53 Å². The van der Waals surface area contributed by atoms with Crippen molar-refractivity contribution in [3.05, 3.63) is 64.3 Å². The van der Waals surface area contributed by atoms with Gasteiger partial charge in [0.05, 0.1) is 5.56 Å². The van der Waals surface area contributed by atoms with Crippen molar-refractivity contribution >= 4 is 16.8 Å². The minimum Gasteiger partial charge on any atom is -0.474 e. The number of piperidine rings is 1. The molecule has 7 nitrogen and oxygen atoms in total. The van der Waals surface area contributed by atoms with Gasteiger partial charge in [-0.2, -0.15) is 4.98 Å². The lowest BCUT2D eigenvalue weighted by atomic mass is 10.0. The third-order valence-electron chi connectivity index (χ3n) is 4.75. The quantitative estimate of drug-likeness (QED) is 0.770. The molecule has 1 aliphatic rings. The average Bonchev–Trinajstić information content (AvgIpc) is 2.67. The SMILES string of the molecule is Cc1nccc(OC2CCN(C(=O)c3cc(=O)[nH]c4ccccc34)CC2)n1. The number of pyridine rings is 1. The molecule has 0 unspecified atom stereocenters. The molecule has 0 atom stereocenters. The van der Waals surface area contributed by atoms with E-state index in [4.69, 9.17) is 4.74 Å². The van der Waals surface area contributed by atoms with Gasteiger partial charge in [-0.3, -0.25) is 9.59 Å².